The SMILES string of the molecule is CCOC[C@H](C)NC[C@H](O)c1cc(Cl)cc(Cl)c1. The summed E-state index contributed by atoms with van der Waals surface area (Å²) in [5.41, 5.74) is 0.712. The van der Waals surface area contributed by atoms with Crippen LogP contribution in [-0.2, 0) is 4.74 Å². The molecule has 2 atom stereocenters. The first-order valence-corrected chi connectivity index (χ1v) is 6.73. The van der Waals surface area contributed by atoms with Gasteiger partial charge in [-0.3, -0.25) is 0 Å². The third kappa shape index (κ3) is 5.55. The quantitative estimate of drug-likeness (QED) is 0.811. The molecule has 0 aliphatic rings. The minimum absolute atomic E-state index is 0.189. The van der Waals surface area contributed by atoms with Crippen LogP contribution in [-0.4, -0.2) is 30.9 Å². The van der Waals surface area contributed by atoms with E-state index in [1.807, 2.05) is 13.8 Å². The second kappa shape index (κ2) is 7.97. The molecule has 1 aromatic rings. The number of nitrogens with one attached hydrogen (secondary N) is 1. The summed E-state index contributed by atoms with van der Waals surface area (Å²) in [4.78, 5) is 0. The number of halogens is 2. The molecule has 0 spiro atoms. The van der Waals surface area contributed by atoms with Crippen molar-refractivity contribution in [3.05, 3.63) is 33.8 Å². The highest BCUT2D eigenvalue weighted by Crippen LogP contribution is 2.23. The number of hydrogen-bond acceptors (Lipinski definition) is 3. The Kier molecular flexibility index (Phi) is 6.97. The maximum atomic E-state index is 10.0. The van der Waals surface area contributed by atoms with Gasteiger partial charge in [0.1, 0.15) is 0 Å². The molecule has 5 heteroatoms. The van der Waals surface area contributed by atoms with E-state index in [1.165, 1.54) is 0 Å². The van der Waals surface area contributed by atoms with Crippen LogP contribution in [0.25, 0.3) is 0 Å². The monoisotopic (exact) mass is 291 g/mol. The van der Waals surface area contributed by atoms with Gasteiger partial charge >= 0.3 is 0 Å². The molecular weight excluding hydrogens is 273 g/mol. The Morgan fingerprint density at radius 1 is 1.28 bits per heavy atom. The first-order valence-electron chi connectivity index (χ1n) is 5.98. The fourth-order valence-corrected chi connectivity index (χ4v) is 2.09. The largest absolute Gasteiger partial charge is 0.387 e. The predicted molar refractivity (Wildman–Crippen MR) is 75.4 cm³/mol. The highest BCUT2D eigenvalue weighted by Gasteiger charge is 2.11. The summed E-state index contributed by atoms with van der Waals surface area (Å²) in [5.74, 6) is 0. The zero-order valence-electron chi connectivity index (χ0n) is 10.6. The molecule has 0 radical (unpaired) electrons. The highest BCUT2D eigenvalue weighted by molar-refractivity contribution is 6.34. The summed E-state index contributed by atoms with van der Waals surface area (Å²) >= 11 is 11.8. The second-order valence-electron chi connectivity index (χ2n) is 4.19. The third-order valence-electron chi connectivity index (χ3n) is 2.50. The van der Waals surface area contributed by atoms with Crippen molar-refractivity contribution in [3.8, 4) is 0 Å². The molecule has 0 aromatic heterocycles. The number of benzene rings is 1. The van der Waals surface area contributed by atoms with Crippen LogP contribution in [0, 0.1) is 0 Å². The van der Waals surface area contributed by atoms with Crippen LogP contribution in [0.1, 0.15) is 25.5 Å². The third-order valence-corrected chi connectivity index (χ3v) is 2.94. The zero-order valence-corrected chi connectivity index (χ0v) is 12.1. The topological polar surface area (TPSA) is 41.5 Å². The molecule has 18 heavy (non-hydrogen) atoms. The lowest BCUT2D eigenvalue weighted by atomic mass is 10.1. The lowest BCUT2D eigenvalue weighted by molar-refractivity contribution is 0.116. The Morgan fingerprint density at radius 2 is 1.89 bits per heavy atom. The van der Waals surface area contributed by atoms with Crippen molar-refractivity contribution in [1.29, 1.82) is 0 Å². The van der Waals surface area contributed by atoms with E-state index in [0.29, 0.717) is 35.4 Å². The standard InChI is InChI=1S/C13H19Cl2NO2/c1-3-18-8-9(2)16-7-13(17)10-4-11(14)6-12(15)5-10/h4-6,9,13,16-17H,3,7-8H2,1-2H3/t9-,13-/m0/s1. The Morgan fingerprint density at radius 3 is 2.44 bits per heavy atom. The molecule has 0 unspecified atom stereocenters. The van der Waals surface area contributed by atoms with Gasteiger partial charge in [-0.1, -0.05) is 23.2 Å². The summed E-state index contributed by atoms with van der Waals surface area (Å²) in [6, 6.07) is 5.26. The van der Waals surface area contributed by atoms with E-state index >= 15 is 0 Å². The van der Waals surface area contributed by atoms with Crippen molar-refractivity contribution in [2.45, 2.75) is 26.0 Å². The first kappa shape index (κ1) is 15.7. The van der Waals surface area contributed by atoms with Crippen molar-refractivity contribution in [3.63, 3.8) is 0 Å². The van der Waals surface area contributed by atoms with E-state index in [0.717, 1.165) is 0 Å². The van der Waals surface area contributed by atoms with Gasteiger partial charge in [0.2, 0.25) is 0 Å². The minimum Gasteiger partial charge on any atom is -0.387 e. The van der Waals surface area contributed by atoms with E-state index in [1.54, 1.807) is 18.2 Å². The number of hydrogen-bond donors (Lipinski definition) is 2. The molecule has 102 valence electrons. The van der Waals surface area contributed by atoms with Crippen LogP contribution in [0.3, 0.4) is 0 Å². The fourth-order valence-electron chi connectivity index (χ4n) is 1.55. The Labute approximate surface area is 118 Å². The highest BCUT2D eigenvalue weighted by atomic mass is 35.5. The van der Waals surface area contributed by atoms with E-state index in [-0.39, 0.29) is 6.04 Å². The minimum atomic E-state index is -0.634. The molecule has 0 heterocycles. The second-order valence-corrected chi connectivity index (χ2v) is 5.06. The van der Waals surface area contributed by atoms with E-state index < -0.39 is 6.10 Å². The lowest BCUT2D eigenvalue weighted by Crippen LogP contribution is -2.33. The number of aliphatic hydroxyl groups is 1. The van der Waals surface area contributed by atoms with Crippen LogP contribution in [0.5, 0.6) is 0 Å². The Hall–Kier alpha value is -0.320. The van der Waals surface area contributed by atoms with Crippen molar-refractivity contribution < 1.29 is 9.84 Å². The summed E-state index contributed by atoms with van der Waals surface area (Å²) in [6.07, 6.45) is -0.634. The van der Waals surface area contributed by atoms with Crippen LogP contribution in [0.2, 0.25) is 10.0 Å². The average molecular weight is 292 g/mol. The molecule has 0 amide bonds. The van der Waals surface area contributed by atoms with Gasteiger partial charge in [-0.2, -0.15) is 0 Å². The number of ether oxygens (including phenoxy) is 1. The summed E-state index contributed by atoms with van der Waals surface area (Å²) in [6.45, 7) is 5.71. The van der Waals surface area contributed by atoms with Crippen LogP contribution >= 0.6 is 23.2 Å². The van der Waals surface area contributed by atoms with Gasteiger partial charge in [0.25, 0.3) is 0 Å². The van der Waals surface area contributed by atoms with Gasteiger partial charge in [-0.05, 0) is 37.6 Å². The van der Waals surface area contributed by atoms with Crippen molar-refractivity contribution in [2.24, 2.45) is 0 Å². The van der Waals surface area contributed by atoms with Gasteiger partial charge in [0.15, 0.2) is 0 Å². The smallest absolute Gasteiger partial charge is 0.0915 e. The number of rotatable bonds is 7. The summed E-state index contributed by atoms with van der Waals surface area (Å²) in [7, 11) is 0. The predicted octanol–water partition coefficient (Wildman–Crippen LogP) is 3.04. The molecule has 0 saturated heterocycles. The Balaban J connectivity index is 2.47. The van der Waals surface area contributed by atoms with E-state index in [2.05, 4.69) is 5.32 Å². The summed E-state index contributed by atoms with van der Waals surface area (Å²) in [5, 5.41) is 14.3. The number of aliphatic hydroxyl groups excluding tert-OH is 1. The Bertz CT molecular complexity index is 354. The van der Waals surface area contributed by atoms with Gasteiger partial charge < -0.3 is 15.2 Å². The molecular formula is C13H19Cl2NO2. The lowest BCUT2D eigenvalue weighted by Gasteiger charge is -2.17. The maximum absolute atomic E-state index is 10.0. The van der Waals surface area contributed by atoms with Crippen LogP contribution in [0.4, 0.5) is 0 Å². The molecule has 1 aromatic carbocycles. The molecule has 2 N–H and O–H groups in total. The van der Waals surface area contributed by atoms with Crippen molar-refractivity contribution >= 4 is 23.2 Å². The van der Waals surface area contributed by atoms with E-state index in [9.17, 15) is 5.11 Å². The van der Waals surface area contributed by atoms with Gasteiger partial charge in [-0.15, -0.1) is 0 Å². The maximum Gasteiger partial charge on any atom is 0.0915 e. The molecule has 0 bridgehead atoms. The molecule has 0 aliphatic heterocycles. The van der Waals surface area contributed by atoms with Crippen LogP contribution < -0.4 is 5.32 Å². The van der Waals surface area contributed by atoms with Gasteiger partial charge in [0.05, 0.1) is 12.7 Å². The average Bonchev–Trinajstić information content (AvgIpc) is 2.32. The molecule has 3 nitrogen and oxygen atoms in total. The molecule has 0 aliphatic carbocycles. The van der Waals surface area contributed by atoms with Crippen molar-refractivity contribution in [1.82, 2.24) is 5.32 Å². The molecule has 0 saturated carbocycles. The first-order chi connectivity index (χ1) is 8.52. The fraction of sp³-hybridized carbons (Fsp3) is 0.538. The summed E-state index contributed by atoms with van der Waals surface area (Å²) < 4.78 is 5.29. The van der Waals surface area contributed by atoms with Crippen molar-refractivity contribution in [2.75, 3.05) is 19.8 Å². The molecule has 0 fully saturated rings. The normalized spacial score (nSPS) is 14.5. The van der Waals surface area contributed by atoms with Gasteiger partial charge in [-0.25, -0.2) is 0 Å². The zero-order chi connectivity index (χ0) is 13.5. The van der Waals surface area contributed by atoms with E-state index in [4.69, 9.17) is 27.9 Å². The molecule has 1 rings (SSSR count). The van der Waals surface area contributed by atoms with Crippen LogP contribution in [0.15, 0.2) is 18.2 Å². The van der Waals surface area contributed by atoms with Gasteiger partial charge in [0, 0.05) is 29.2 Å².